The Morgan fingerprint density at radius 2 is 2.45 bits per heavy atom. The van der Waals surface area contributed by atoms with Crippen LogP contribution in [0.2, 0.25) is 0 Å². The molecule has 1 aliphatic rings. The molecule has 0 radical (unpaired) electrons. The van der Waals surface area contributed by atoms with E-state index in [-0.39, 0.29) is 12.5 Å². The monoisotopic (exact) mass is 276 g/mol. The molecule has 0 aliphatic carbocycles. The lowest BCUT2D eigenvalue weighted by Crippen LogP contribution is -2.48. The number of aryl methyl sites for hydroxylation is 1. The van der Waals surface area contributed by atoms with Crippen molar-refractivity contribution in [1.82, 2.24) is 20.3 Å². The molecule has 1 fully saturated rings. The number of amides is 1. The minimum absolute atomic E-state index is 0.136. The van der Waals surface area contributed by atoms with Gasteiger partial charge in [-0.3, -0.25) is 4.79 Å². The number of β-amino-alcohol motifs (C(OH)–C–C–N with tert-alkyl or cyclic N) is 1. The first-order chi connectivity index (χ1) is 9.58. The van der Waals surface area contributed by atoms with Crippen molar-refractivity contribution in [3.8, 4) is 0 Å². The molecule has 0 aromatic carbocycles. The number of aromatic nitrogens is 3. The minimum Gasteiger partial charge on any atom is -0.469 e. The number of rotatable bonds is 2. The van der Waals surface area contributed by atoms with E-state index in [0.29, 0.717) is 36.4 Å². The summed E-state index contributed by atoms with van der Waals surface area (Å²) in [6, 6.07) is 1.70. The molecule has 2 N–H and O–H groups in total. The number of aromatic amines is 1. The lowest BCUT2D eigenvalue weighted by atomic mass is 9.90. The number of nitrogens with zero attached hydrogens (tertiary/aromatic N) is 3. The van der Waals surface area contributed by atoms with Gasteiger partial charge in [-0.15, -0.1) is 0 Å². The highest BCUT2D eigenvalue weighted by Gasteiger charge is 2.39. The van der Waals surface area contributed by atoms with E-state index in [4.69, 9.17) is 4.42 Å². The molecule has 0 saturated carbocycles. The second kappa shape index (κ2) is 4.75. The van der Waals surface area contributed by atoms with Crippen LogP contribution in [0, 0.1) is 6.92 Å². The SMILES string of the molecule is Cc1cc(C(=O)N2CCC[C@@](O)(c3cn[nH]n3)C2)co1. The van der Waals surface area contributed by atoms with Gasteiger partial charge in [0.05, 0.1) is 18.3 Å². The van der Waals surface area contributed by atoms with Gasteiger partial charge in [0.15, 0.2) is 0 Å². The third-order valence-corrected chi connectivity index (χ3v) is 3.63. The van der Waals surface area contributed by atoms with Crippen molar-refractivity contribution in [2.24, 2.45) is 0 Å². The Morgan fingerprint density at radius 3 is 3.10 bits per heavy atom. The molecule has 0 spiro atoms. The maximum atomic E-state index is 12.4. The van der Waals surface area contributed by atoms with Crippen LogP contribution < -0.4 is 0 Å². The summed E-state index contributed by atoms with van der Waals surface area (Å²) in [5, 5.41) is 20.8. The highest BCUT2D eigenvalue weighted by atomic mass is 16.3. The number of likely N-dealkylation sites (tertiary alicyclic amines) is 1. The van der Waals surface area contributed by atoms with Crippen LogP contribution in [0.3, 0.4) is 0 Å². The lowest BCUT2D eigenvalue weighted by molar-refractivity contribution is -0.0320. The molecule has 1 aliphatic heterocycles. The largest absolute Gasteiger partial charge is 0.469 e. The predicted octanol–water partition coefficient (Wildman–Crippen LogP) is 0.830. The van der Waals surface area contributed by atoms with Crippen molar-refractivity contribution >= 4 is 5.91 Å². The summed E-state index contributed by atoms with van der Waals surface area (Å²) in [4.78, 5) is 14.0. The Bertz CT molecular complexity index is 607. The van der Waals surface area contributed by atoms with E-state index in [2.05, 4.69) is 15.4 Å². The molecule has 7 heteroatoms. The molecule has 0 unspecified atom stereocenters. The molecular formula is C13H16N4O3. The molecule has 106 valence electrons. The number of hydrogen-bond donors (Lipinski definition) is 2. The van der Waals surface area contributed by atoms with Crippen molar-refractivity contribution in [1.29, 1.82) is 0 Å². The average Bonchev–Trinajstić information content (AvgIpc) is 3.09. The summed E-state index contributed by atoms with van der Waals surface area (Å²) < 4.78 is 5.16. The smallest absolute Gasteiger partial charge is 0.257 e. The van der Waals surface area contributed by atoms with Crippen LogP contribution in [-0.2, 0) is 5.60 Å². The normalized spacial score (nSPS) is 23.0. The van der Waals surface area contributed by atoms with Gasteiger partial charge in [0.25, 0.3) is 5.91 Å². The summed E-state index contributed by atoms with van der Waals surface area (Å²) >= 11 is 0. The number of hydrogen-bond acceptors (Lipinski definition) is 5. The maximum absolute atomic E-state index is 12.4. The Hall–Kier alpha value is -2.15. The highest BCUT2D eigenvalue weighted by molar-refractivity contribution is 5.94. The van der Waals surface area contributed by atoms with Crippen LogP contribution >= 0.6 is 0 Å². The average molecular weight is 276 g/mol. The number of H-pyrrole nitrogens is 1. The van der Waals surface area contributed by atoms with Crippen LogP contribution in [0.1, 0.15) is 34.7 Å². The third kappa shape index (κ3) is 2.20. The van der Waals surface area contributed by atoms with Crippen LogP contribution in [0.4, 0.5) is 0 Å². The number of carbonyl (C=O) groups is 1. The summed E-state index contributed by atoms with van der Waals surface area (Å²) in [5.74, 6) is 0.556. The first kappa shape index (κ1) is 12.9. The zero-order valence-electron chi connectivity index (χ0n) is 11.2. The lowest BCUT2D eigenvalue weighted by Gasteiger charge is -2.37. The third-order valence-electron chi connectivity index (χ3n) is 3.63. The Morgan fingerprint density at radius 1 is 1.60 bits per heavy atom. The Labute approximate surface area is 115 Å². The Balaban J connectivity index is 1.80. The number of furan rings is 1. The molecule has 2 aromatic rings. The van der Waals surface area contributed by atoms with E-state index in [1.54, 1.807) is 17.9 Å². The zero-order valence-corrected chi connectivity index (χ0v) is 11.2. The summed E-state index contributed by atoms with van der Waals surface area (Å²) in [5.41, 5.74) is -0.162. The van der Waals surface area contributed by atoms with E-state index in [9.17, 15) is 9.90 Å². The number of nitrogens with one attached hydrogen (secondary N) is 1. The zero-order chi connectivity index (χ0) is 14.2. The van der Waals surface area contributed by atoms with Gasteiger partial charge in [0, 0.05) is 6.54 Å². The summed E-state index contributed by atoms with van der Waals surface area (Å²) in [6.07, 6.45) is 4.22. The highest BCUT2D eigenvalue weighted by Crippen LogP contribution is 2.30. The topological polar surface area (TPSA) is 95.2 Å². The van der Waals surface area contributed by atoms with Gasteiger partial charge in [0.1, 0.15) is 23.3 Å². The second-order valence-corrected chi connectivity index (χ2v) is 5.16. The van der Waals surface area contributed by atoms with E-state index in [1.807, 2.05) is 0 Å². The standard InChI is InChI=1S/C13H16N4O3/c1-9-5-10(7-20-9)12(18)17-4-2-3-13(19,8-17)11-6-14-16-15-11/h5-7,19H,2-4,8H2,1H3,(H,14,15,16)/t13-/m0/s1. The fourth-order valence-corrected chi connectivity index (χ4v) is 2.58. The van der Waals surface area contributed by atoms with Crippen molar-refractivity contribution in [3.63, 3.8) is 0 Å². The van der Waals surface area contributed by atoms with Crippen molar-refractivity contribution in [2.45, 2.75) is 25.4 Å². The van der Waals surface area contributed by atoms with Crippen molar-refractivity contribution in [2.75, 3.05) is 13.1 Å². The van der Waals surface area contributed by atoms with Gasteiger partial charge in [-0.1, -0.05) is 0 Å². The van der Waals surface area contributed by atoms with Gasteiger partial charge in [0.2, 0.25) is 0 Å². The number of aliphatic hydroxyl groups is 1. The molecule has 1 atom stereocenters. The number of piperidine rings is 1. The molecular weight excluding hydrogens is 260 g/mol. The van der Waals surface area contributed by atoms with Gasteiger partial charge in [-0.25, -0.2) is 0 Å². The van der Waals surface area contributed by atoms with E-state index in [0.717, 1.165) is 0 Å². The van der Waals surface area contributed by atoms with Gasteiger partial charge in [-0.05, 0) is 25.8 Å². The molecule has 1 amide bonds. The summed E-state index contributed by atoms with van der Waals surface area (Å²) in [7, 11) is 0. The first-order valence-electron chi connectivity index (χ1n) is 6.51. The van der Waals surface area contributed by atoms with E-state index >= 15 is 0 Å². The molecule has 7 nitrogen and oxygen atoms in total. The van der Waals surface area contributed by atoms with Gasteiger partial charge in [-0.2, -0.15) is 15.4 Å². The molecule has 0 bridgehead atoms. The van der Waals surface area contributed by atoms with Crippen LogP contribution in [0.25, 0.3) is 0 Å². The van der Waals surface area contributed by atoms with E-state index in [1.165, 1.54) is 12.5 Å². The predicted molar refractivity (Wildman–Crippen MR) is 68.9 cm³/mol. The molecule has 1 saturated heterocycles. The summed E-state index contributed by atoms with van der Waals surface area (Å²) in [6.45, 7) is 2.62. The quantitative estimate of drug-likeness (QED) is 0.847. The Kier molecular flexibility index (Phi) is 3.06. The number of carbonyl (C=O) groups excluding carboxylic acids is 1. The van der Waals surface area contributed by atoms with Gasteiger partial charge >= 0.3 is 0 Å². The van der Waals surface area contributed by atoms with Crippen LogP contribution in [0.5, 0.6) is 0 Å². The van der Waals surface area contributed by atoms with Crippen molar-refractivity contribution in [3.05, 3.63) is 35.5 Å². The molecule has 2 aromatic heterocycles. The maximum Gasteiger partial charge on any atom is 0.257 e. The van der Waals surface area contributed by atoms with Gasteiger partial charge < -0.3 is 14.4 Å². The fourth-order valence-electron chi connectivity index (χ4n) is 2.58. The minimum atomic E-state index is -1.14. The van der Waals surface area contributed by atoms with Crippen LogP contribution in [0.15, 0.2) is 22.9 Å². The second-order valence-electron chi connectivity index (χ2n) is 5.16. The molecule has 20 heavy (non-hydrogen) atoms. The van der Waals surface area contributed by atoms with Crippen molar-refractivity contribution < 1.29 is 14.3 Å². The van der Waals surface area contributed by atoms with Crippen LogP contribution in [-0.4, -0.2) is 44.4 Å². The fraction of sp³-hybridized carbons (Fsp3) is 0.462. The first-order valence-corrected chi connectivity index (χ1v) is 6.51. The van der Waals surface area contributed by atoms with E-state index < -0.39 is 5.60 Å². The molecule has 3 rings (SSSR count). The molecule has 3 heterocycles.